The van der Waals surface area contributed by atoms with E-state index in [4.69, 9.17) is 5.11 Å². The van der Waals surface area contributed by atoms with Crippen molar-refractivity contribution in [2.75, 3.05) is 0 Å². The fourth-order valence-corrected chi connectivity index (χ4v) is 1.37. The Hall–Kier alpha value is -1.77. The molecule has 14 heavy (non-hydrogen) atoms. The Morgan fingerprint density at radius 2 is 2.00 bits per heavy atom. The molecule has 0 fully saturated rings. The molecule has 0 saturated heterocycles. The van der Waals surface area contributed by atoms with Crippen LogP contribution < -0.4 is 0 Å². The highest BCUT2D eigenvalue weighted by molar-refractivity contribution is 5.26. The minimum Gasteiger partial charge on any atom is -0.508 e. The summed E-state index contributed by atoms with van der Waals surface area (Å²) in [6, 6.07) is 7.22. The van der Waals surface area contributed by atoms with E-state index in [9.17, 15) is 0 Å². The second kappa shape index (κ2) is 3.54. The maximum Gasteiger partial charge on any atom is 0.115 e. The SMILES string of the molecule is Cc1nccn1Cc1ccc(O)cc1. The van der Waals surface area contributed by atoms with Crippen molar-refractivity contribution in [1.82, 2.24) is 9.55 Å². The first-order valence-electron chi connectivity index (χ1n) is 4.51. The van der Waals surface area contributed by atoms with Gasteiger partial charge in [-0.3, -0.25) is 0 Å². The Labute approximate surface area is 82.7 Å². The zero-order valence-corrected chi connectivity index (χ0v) is 8.01. The molecular weight excluding hydrogens is 176 g/mol. The van der Waals surface area contributed by atoms with Gasteiger partial charge in [-0.05, 0) is 24.6 Å². The Balaban J connectivity index is 2.19. The molecule has 0 unspecified atom stereocenters. The van der Waals surface area contributed by atoms with E-state index in [0.29, 0.717) is 5.75 Å². The van der Waals surface area contributed by atoms with Crippen molar-refractivity contribution >= 4 is 0 Å². The van der Waals surface area contributed by atoms with Crippen molar-refractivity contribution in [2.24, 2.45) is 0 Å². The molecule has 0 bridgehead atoms. The molecule has 1 aromatic carbocycles. The first kappa shape index (κ1) is 8.81. The molecule has 0 saturated carbocycles. The molecule has 0 radical (unpaired) electrons. The van der Waals surface area contributed by atoms with E-state index in [2.05, 4.69) is 9.55 Å². The summed E-state index contributed by atoms with van der Waals surface area (Å²) in [7, 11) is 0. The van der Waals surface area contributed by atoms with Crippen LogP contribution in [0.5, 0.6) is 5.75 Å². The number of imidazole rings is 1. The molecule has 0 aliphatic carbocycles. The fraction of sp³-hybridized carbons (Fsp3) is 0.182. The van der Waals surface area contributed by atoms with Crippen molar-refractivity contribution in [1.29, 1.82) is 0 Å². The highest BCUT2D eigenvalue weighted by Crippen LogP contribution is 2.11. The molecule has 0 atom stereocenters. The zero-order valence-electron chi connectivity index (χ0n) is 8.01. The number of hydrogen-bond donors (Lipinski definition) is 1. The normalized spacial score (nSPS) is 10.4. The van der Waals surface area contributed by atoms with Gasteiger partial charge in [0.15, 0.2) is 0 Å². The molecule has 0 aliphatic heterocycles. The lowest BCUT2D eigenvalue weighted by atomic mass is 10.2. The molecule has 2 rings (SSSR count). The largest absolute Gasteiger partial charge is 0.508 e. The minimum atomic E-state index is 0.302. The van der Waals surface area contributed by atoms with Gasteiger partial charge < -0.3 is 9.67 Å². The lowest BCUT2D eigenvalue weighted by Crippen LogP contribution is -2.00. The minimum absolute atomic E-state index is 0.302. The summed E-state index contributed by atoms with van der Waals surface area (Å²) < 4.78 is 2.06. The van der Waals surface area contributed by atoms with Gasteiger partial charge in [-0.2, -0.15) is 0 Å². The zero-order chi connectivity index (χ0) is 9.97. The number of phenols is 1. The van der Waals surface area contributed by atoms with E-state index < -0.39 is 0 Å². The second-order valence-electron chi connectivity index (χ2n) is 3.27. The van der Waals surface area contributed by atoms with Crippen LogP contribution in [0.4, 0.5) is 0 Å². The summed E-state index contributed by atoms with van der Waals surface area (Å²) in [5.41, 5.74) is 1.16. The number of aryl methyl sites for hydroxylation is 1. The van der Waals surface area contributed by atoms with Crippen molar-refractivity contribution in [3.8, 4) is 5.75 Å². The Morgan fingerprint density at radius 3 is 2.57 bits per heavy atom. The van der Waals surface area contributed by atoms with E-state index in [-0.39, 0.29) is 0 Å². The number of aromatic nitrogens is 2. The Bertz CT molecular complexity index is 417. The van der Waals surface area contributed by atoms with Crippen molar-refractivity contribution in [2.45, 2.75) is 13.5 Å². The molecule has 0 aliphatic rings. The van der Waals surface area contributed by atoms with Gasteiger partial charge in [0, 0.05) is 18.9 Å². The first-order chi connectivity index (χ1) is 6.75. The lowest BCUT2D eigenvalue weighted by Gasteiger charge is -2.04. The molecule has 1 aromatic heterocycles. The molecule has 1 N–H and O–H groups in total. The molecule has 0 amide bonds. The number of phenolic OH excluding ortho intramolecular Hbond substituents is 1. The Kier molecular flexibility index (Phi) is 2.23. The third-order valence-corrected chi connectivity index (χ3v) is 2.21. The summed E-state index contributed by atoms with van der Waals surface area (Å²) in [6.45, 7) is 2.77. The van der Waals surface area contributed by atoms with Crippen molar-refractivity contribution in [3.63, 3.8) is 0 Å². The van der Waals surface area contributed by atoms with Gasteiger partial charge in [0.25, 0.3) is 0 Å². The van der Waals surface area contributed by atoms with Crippen LogP contribution in [0.25, 0.3) is 0 Å². The van der Waals surface area contributed by atoms with Crippen molar-refractivity contribution in [3.05, 3.63) is 48.0 Å². The average molecular weight is 188 g/mol. The summed E-state index contributed by atoms with van der Waals surface area (Å²) in [5, 5.41) is 9.12. The number of hydrogen-bond acceptors (Lipinski definition) is 2. The van der Waals surface area contributed by atoms with Crippen LogP contribution in [0.1, 0.15) is 11.4 Å². The average Bonchev–Trinajstić information content (AvgIpc) is 2.56. The van der Waals surface area contributed by atoms with Crippen LogP contribution in [0.3, 0.4) is 0 Å². The van der Waals surface area contributed by atoms with Crippen LogP contribution in [0.15, 0.2) is 36.7 Å². The van der Waals surface area contributed by atoms with Gasteiger partial charge in [-0.25, -0.2) is 4.98 Å². The van der Waals surface area contributed by atoms with Gasteiger partial charge in [0.2, 0.25) is 0 Å². The van der Waals surface area contributed by atoms with Crippen LogP contribution in [-0.2, 0) is 6.54 Å². The standard InChI is InChI=1S/C11H12N2O/c1-9-12-6-7-13(9)8-10-2-4-11(14)5-3-10/h2-7,14H,8H2,1H3. The molecular formula is C11H12N2O. The van der Waals surface area contributed by atoms with Gasteiger partial charge in [0.05, 0.1) is 0 Å². The van der Waals surface area contributed by atoms with Gasteiger partial charge in [-0.1, -0.05) is 12.1 Å². The number of rotatable bonds is 2. The molecule has 3 heteroatoms. The Morgan fingerprint density at radius 1 is 1.29 bits per heavy atom. The molecule has 1 heterocycles. The highest BCUT2D eigenvalue weighted by Gasteiger charge is 1.98. The van der Waals surface area contributed by atoms with Gasteiger partial charge in [-0.15, -0.1) is 0 Å². The monoisotopic (exact) mass is 188 g/mol. The molecule has 3 nitrogen and oxygen atoms in total. The third-order valence-electron chi connectivity index (χ3n) is 2.21. The number of benzene rings is 1. The summed E-state index contributed by atoms with van der Waals surface area (Å²) in [4.78, 5) is 4.14. The maximum atomic E-state index is 9.12. The highest BCUT2D eigenvalue weighted by atomic mass is 16.3. The lowest BCUT2D eigenvalue weighted by molar-refractivity contribution is 0.475. The number of aromatic hydroxyl groups is 1. The molecule has 72 valence electrons. The quantitative estimate of drug-likeness (QED) is 0.782. The topological polar surface area (TPSA) is 38.0 Å². The third kappa shape index (κ3) is 1.76. The second-order valence-corrected chi connectivity index (χ2v) is 3.27. The van der Waals surface area contributed by atoms with E-state index in [1.54, 1.807) is 18.3 Å². The predicted octanol–water partition coefficient (Wildman–Crippen LogP) is 1.95. The van der Waals surface area contributed by atoms with E-state index in [1.807, 2.05) is 25.3 Å². The first-order valence-corrected chi connectivity index (χ1v) is 4.51. The number of nitrogens with zero attached hydrogens (tertiary/aromatic N) is 2. The van der Waals surface area contributed by atoms with E-state index in [0.717, 1.165) is 17.9 Å². The predicted molar refractivity (Wildman–Crippen MR) is 54.2 cm³/mol. The maximum absolute atomic E-state index is 9.12. The van der Waals surface area contributed by atoms with Crippen LogP contribution in [0, 0.1) is 6.92 Å². The fourth-order valence-electron chi connectivity index (χ4n) is 1.37. The smallest absolute Gasteiger partial charge is 0.115 e. The van der Waals surface area contributed by atoms with Crippen LogP contribution in [-0.4, -0.2) is 14.7 Å². The summed E-state index contributed by atoms with van der Waals surface area (Å²) in [5.74, 6) is 1.30. The summed E-state index contributed by atoms with van der Waals surface area (Å²) in [6.07, 6.45) is 3.73. The molecule has 0 spiro atoms. The molecule has 2 aromatic rings. The summed E-state index contributed by atoms with van der Waals surface area (Å²) >= 11 is 0. The van der Waals surface area contributed by atoms with E-state index in [1.165, 1.54) is 0 Å². The van der Waals surface area contributed by atoms with Crippen LogP contribution in [0.2, 0.25) is 0 Å². The van der Waals surface area contributed by atoms with Gasteiger partial charge >= 0.3 is 0 Å². The van der Waals surface area contributed by atoms with Gasteiger partial charge in [0.1, 0.15) is 11.6 Å². The van der Waals surface area contributed by atoms with Crippen LogP contribution >= 0.6 is 0 Å². The van der Waals surface area contributed by atoms with E-state index >= 15 is 0 Å². The van der Waals surface area contributed by atoms with Crippen molar-refractivity contribution < 1.29 is 5.11 Å².